The molecule has 0 heterocycles. The van der Waals surface area contributed by atoms with E-state index in [9.17, 15) is 4.79 Å². The van der Waals surface area contributed by atoms with Crippen molar-refractivity contribution in [3.63, 3.8) is 0 Å². The number of ether oxygens (including phenoxy) is 1. The highest BCUT2D eigenvalue weighted by Crippen LogP contribution is 2.07. The van der Waals surface area contributed by atoms with Crippen molar-refractivity contribution in [1.29, 1.82) is 0 Å². The molecule has 1 aromatic carbocycles. The van der Waals surface area contributed by atoms with Gasteiger partial charge in [-0.15, -0.1) is 0 Å². The molecule has 0 radical (unpaired) electrons. The van der Waals surface area contributed by atoms with E-state index >= 15 is 0 Å². The first-order valence-electron chi connectivity index (χ1n) is 5.50. The molecule has 0 spiro atoms. The van der Waals surface area contributed by atoms with Crippen LogP contribution in [-0.2, 0) is 16.0 Å². The molecular formula is C14H16O2. The number of aryl methyl sites for hydroxylation is 1. The van der Waals surface area contributed by atoms with Crippen LogP contribution in [-0.4, -0.2) is 12.6 Å². The summed E-state index contributed by atoms with van der Waals surface area (Å²) in [5.74, 6) is 5.58. The van der Waals surface area contributed by atoms with Crippen LogP contribution in [0.3, 0.4) is 0 Å². The molecule has 0 aliphatic rings. The summed E-state index contributed by atoms with van der Waals surface area (Å²) in [4.78, 5) is 11.1. The lowest BCUT2D eigenvalue weighted by molar-refractivity contribution is -0.141. The third kappa shape index (κ3) is 3.78. The van der Waals surface area contributed by atoms with Crippen LogP contribution in [0.2, 0.25) is 0 Å². The van der Waals surface area contributed by atoms with E-state index in [2.05, 4.69) is 18.8 Å². The fraction of sp³-hybridized carbons (Fsp3) is 0.357. The highest BCUT2D eigenvalue weighted by atomic mass is 16.5. The maximum Gasteiger partial charge on any atom is 0.317 e. The molecule has 2 nitrogen and oxygen atoms in total. The summed E-state index contributed by atoms with van der Waals surface area (Å²) in [5, 5.41) is 0. The molecule has 0 aliphatic heterocycles. The minimum atomic E-state index is -0.260. The van der Waals surface area contributed by atoms with Crippen molar-refractivity contribution in [2.24, 2.45) is 0 Å². The molecule has 0 unspecified atom stereocenters. The zero-order valence-corrected chi connectivity index (χ0v) is 9.75. The number of hydrogen-bond donors (Lipinski definition) is 0. The topological polar surface area (TPSA) is 26.3 Å². The Kier molecular flexibility index (Phi) is 5.15. The standard InChI is InChI=1S/C14H16O2/c1-3-12-8-5-6-9-13(12)10-7-11-14(15)16-4-2/h5-6,8-9H,3-4,11H2,1-2H3. The van der Waals surface area contributed by atoms with Gasteiger partial charge < -0.3 is 4.74 Å². The largest absolute Gasteiger partial charge is 0.465 e. The van der Waals surface area contributed by atoms with Gasteiger partial charge in [-0.1, -0.05) is 37.0 Å². The molecule has 16 heavy (non-hydrogen) atoms. The minimum absolute atomic E-state index is 0.159. The van der Waals surface area contributed by atoms with Crippen LogP contribution in [0.25, 0.3) is 0 Å². The number of hydrogen-bond acceptors (Lipinski definition) is 2. The molecule has 1 rings (SSSR count). The van der Waals surface area contributed by atoms with Gasteiger partial charge >= 0.3 is 5.97 Å². The lowest BCUT2D eigenvalue weighted by Crippen LogP contribution is -2.01. The molecule has 84 valence electrons. The van der Waals surface area contributed by atoms with Crippen LogP contribution in [0.15, 0.2) is 24.3 Å². The van der Waals surface area contributed by atoms with Gasteiger partial charge in [-0.25, -0.2) is 0 Å². The van der Waals surface area contributed by atoms with Crippen molar-refractivity contribution < 1.29 is 9.53 Å². The summed E-state index contributed by atoms with van der Waals surface area (Å²) in [7, 11) is 0. The van der Waals surface area contributed by atoms with Gasteiger partial charge in [0.25, 0.3) is 0 Å². The zero-order valence-electron chi connectivity index (χ0n) is 9.75. The molecule has 0 bridgehead atoms. The van der Waals surface area contributed by atoms with Gasteiger partial charge in [0.15, 0.2) is 0 Å². The van der Waals surface area contributed by atoms with Gasteiger partial charge in [0.2, 0.25) is 0 Å². The van der Waals surface area contributed by atoms with E-state index < -0.39 is 0 Å². The van der Waals surface area contributed by atoms with Crippen molar-refractivity contribution in [3.05, 3.63) is 35.4 Å². The summed E-state index contributed by atoms with van der Waals surface area (Å²) >= 11 is 0. The molecule has 0 atom stereocenters. The number of benzene rings is 1. The van der Waals surface area contributed by atoms with Gasteiger partial charge in [-0.05, 0) is 25.0 Å². The average Bonchev–Trinajstić information content (AvgIpc) is 2.30. The predicted octanol–water partition coefficient (Wildman–Crippen LogP) is 2.55. The first-order chi connectivity index (χ1) is 7.77. The van der Waals surface area contributed by atoms with Crippen molar-refractivity contribution in [2.45, 2.75) is 26.7 Å². The van der Waals surface area contributed by atoms with Gasteiger partial charge in [0.05, 0.1) is 6.61 Å². The smallest absolute Gasteiger partial charge is 0.317 e. The number of carbonyl (C=O) groups is 1. The molecule has 2 heteroatoms. The third-order valence-corrected chi connectivity index (χ3v) is 2.16. The molecule has 0 aliphatic carbocycles. The Bertz CT molecular complexity index is 410. The lowest BCUT2D eigenvalue weighted by Gasteiger charge is -1.99. The molecule has 0 saturated carbocycles. The van der Waals surface area contributed by atoms with E-state index in [-0.39, 0.29) is 12.4 Å². The van der Waals surface area contributed by atoms with Gasteiger partial charge in [-0.2, -0.15) is 0 Å². The highest BCUT2D eigenvalue weighted by Gasteiger charge is 1.97. The summed E-state index contributed by atoms with van der Waals surface area (Å²) in [5.41, 5.74) is 2.20. The molecule has 0 aromatic heterocycles. The molecule has 0 amide bonds. The Morgan fingerprint density at radius 1 is 1.31 bits per heavy atom. The Labute approximate surface area is 96.6 Å². The third-order valence-electron chi connectivity index (χ3n) is 2.16. The maximum atomic E-state index is 11.1. The van der Waals surface area contributed by atoms with Crippen molar-refractivity contribution in [2.75, 3.05) is 6.61 Å². The fourth-order valence-corrected chi connectivity index (χ4v) is 1.37. The number of esters is 1. The second-order valence-corrected chi connectivity index (χ2v) is 3.29. The normalized spacial score (nSPS) is 9.12. The zero-order chi connectivity index (χ0) is 11.8. The van der Waals surface area contributed by atoms with Crippen molar-refractivity contribution in [1.82, 2.24) is 0 Å². The minimum Gasteiger partial charge on any atom is -0.465 e. The van der Waals surface area contributed by atoms with Gasteiger partial charge in [0.1, 0.15) is 6.42 Å². The number of rotatable bonds is 3. The van der Waals surface area contributed by atoms with Crippen LogP contribution in [0, 0.1) is 11.8 Å². The van der Waals surface area contributed by atoms with E-state index in [4.69, 9.17) is 4.74 Å². The van der Waals surface area contributed by atoms with Crippen LogP contribution >= 0.6 is 0 Å². The fourth-order valence-electron chi connectivity index (χ4n) is 1.37. The van der Waals surface area contributed by atoms with E-state index in [1.807, 2.05) is 24.3 Å². The quantitative estimate of drug-likeness (QED) is 0.573. The average molecular weight is 216 g/mol. The first-order valence-corrected chi connectivity index (χ1v) is 5.50. The SMILES string of the molecule is CCOC(=O)CC#Cc1ccccc1CC. The summed E-state index contributed by atoms with van der Waals surface area (Å²) in [6, 6.07) is 7.97. The van der Waals surface area contributed by atoms with Crippen LogP contribution in [0.4, 0.5) is 0 Å². The van der Waals surface area contributed by atoms with Crippen molar-refractivity contribution in [3.8, 4) is 11.8 Å². The summed E-state index contributed by atoms with van der Waals surface area (Å²) in [6.45, 7) is 4.29. The Balaban J connectivity index is 2.66. The van der Waals surface area contributed by atoms with Crippen LogP contribution in [0.5, 0.6) is 0 Å². The summed E-state index contributed by atoms with van der Waals surface area (Å²) < 4.78 is 4.79. The highest BCUT2D eigenvalue weighted by molar-refractivity contribution is 5.72. The van der Waals surface area contributed by atoms with E-state index in [1.54, 1.807) is 6.92 Å². The van der Waals surface area contributed by atoms with Gasteiger partial charge in [-0.3, -0.25) is 4.79 Å². The Morgan fingerprint density at radius 3 is 2.75 bits per heavy atom. The molecule has 0 N–H and O–H groups in total. The van der Waals surface area contributed by atoms with Gasteiger partial charge in [0, 0.05) is 5.56 Å². The predicted molar refractivity (Wildman–Crippen MR) is 63.9 cm³/mol. The molecule has 0 fully saturated rings. The van der Waals surface area contributed by atoms with Crippen LogP contribution in [0.1, 0.15) is 31.4 Å². The lowest BCUT2D eigenvalue weighted by atomic mass is 10.1. The van der Waals surface area contributed by atoms with Crippen LogP contribution < -0.4 is 0 Å². The van der Waals surface area contributed by atoms with E-state index in [0.29, 0.717) is 6.61 Å². The van der Waals surface area contributed by atoms with E-state index in [1.165, 1.54) is 5.56 Å². The molecule has 1 aromatic rings. The Morgan fingerprint density at radius 2 is 2.06 bits per heavy atom. The number of carbonyl (C=O) groups excluding carboxylic acids is 1. The maximum absolute atomic E-state index is 11.1. The molecular weight excluding hydrogens is 200 g/mol. The molecule has 0 saturated heterocycles. The Hall–Kier alpha value is -1.75. The second kappa shape index (κ2) is 6.68. The van der Waals surface area contributed by atoms with Crippen molar-refractivity contribution >= 4 is 5.97 Å². The first kappa shape index (κ1) is 12.3. The second-order valence-electron chi connectivity index (χ2n) is 3.29. The monoisotopic (exact) mass is 216 g/mol. The van der Waals surface area contributed by atoms with E-state index in [0.717, 1.165) is 12.0 Å². The summed E-state index contributed by atoms with van der Waals surface area (Å²) in [6.07, 6.45) is 1.11.